The molecule has 1 aliphatic heterocycles. The zero-order valence-corrected chi connectivity index (χ0v) is 11.6. The first-order valence-electron chi connectivity index (χ1n) is 7.16. The van der Waals surface area contributed by atoms with Crippen LogP contribution in [0.5, 0.6) is 0 Å². The number of rotatable bonds is 4. The van der Waals surface area contributed by atoms with Crippen molar-refractivity contribution in [3.05, 3.63) is 11.9 Å². The minimum Gasteiger partial charge on any atom is -0.384 e. The van der Waals surface area contributed by atoms with E-state index >= 15 is 0 Å². The molecule has 0 aromatic carbocycles. The van der Waals surface area contributed by atoms with Crippen LogP contribution in [-0.2, 0) is 4.74 Å². The Labute approximate surface area is 114 Å². The highest BCUT2D eigenvalue weighted by Gasteiger charge is 2.40. The average Bonchev–Trinajstić information content (AvgIpc) is 3.10. The van der Waals surface area contributed by atoms with Crippen LogP contribution in [0.25, 0.3) is 0 Å². The topological polar surface area (TPSA) is 73.1 Å². The largest absolute Gasteiger partial charge is 0.384 e. The van der Waals surface area contributed by atoms with Crippen LogP contribution in [0.15, 0.2) is 6.07 Å². The number of nitrogens with two attached hydrogens (primary N) is 1. The Kier molecular flexibility index (Phi) is 3.31. The standard InChI is InChI=1S/C14H22N4O/c1-8(2)14-17-11(15)7-12(18-14)16-10-5-6-19-13(10)9-3-4-9/h7-10,13H,3-6H2,1-2H3,(H3,15,16,17,18). The molecule has 104 valence electrons. The van der Waals surface area contributed by atoms with Crippen molar-refractivity contribution in [2.24, 2.45) is 5.92 Å². The Morgan fingerprint density at radius 3 is 2.79 bits per heavy atom. The molecule has 19 heavy (non-hydrogen) atoms. The van der Waals surface area contributed by atoms with E-state index in [0.717, 1.165) is 30.6 Å². The summed E-state index contributed by atoms with van der Waals surface area (Å²) >= 11 is 0. The first kappa shape index (κ1) is 12.7. The van der Waals surface area contributed by atoms with Gasteiger partial charge in [0, 0.05) is 18.6 Å². The quantitative estimate of drug-likeness (QED) is 0.870. The van der Waals surface area contributed by atoms with Crippen molar-refractivity contribution in [2.45, 2.75) is 51.2 Å². The maximum absolute atomic E-state index is 5.86. The highest BCUT2D eigenvalue weighted by atomic mass is 16.5. The minimum absolute atomic E-state index is 0.281. The SMILES string of the molecule is CC(C)c1nc(N)cc(NC2CCOC2C2CC2)n1. The average molecular weight is 262 g/mol. The highest BCUT2D eigenvalue weighted by Crippen LogP contribution is 2.39. The van der Waals surface area contributed by atoms with Gasteiger partial charge in [-0.2, -0.15) is 0 Å². The van der Waals surface area contributed by atoms with Crippen LogP contribution in [0, 0.1) is 5.92 Å². The van der Waals surface area contributed by atoms with E-state index in [1.54, 1.807) is 0 Å². The zero-order chi connectivity index (χ0) is 13.4. The van der Waals surface area contributed by atoms with Gasteiger partial charge >= 0.3 is 0 Å². The van der Waals surface area contributed by atoms with Crippen molar-refractivity contribution in [3.8, 4) is 0 Å². The van der Waals surface area contributed by atoms with Crippen molar-refractivity contribution < 1.29 is 4.74 Å². The third-order valence-electron chi connectivity index (χ3n) is 3.84. The van der Waals surface area contributed by atoms with E-state index in [1.807, 2.05) is 6.07 Å². The minimum atomic E-state index is 0.281. The number of anilines is 2. The van der Waals surface area contributed by atoms with Crippen molar-refractivity contribution in [2.75, 3.05) is 17.7 Å². The maximum atomic E-state index is 5.86. The van der Waals surface area contributed by atoms with Crippen LogP contribution in [0.1, 0.15) is 44.9 Å². The molecule has 2 atom stereocenters. The summed E-state index contributed by atoms with van der Waals surface area (Å²) < 4.78 is 5.83. The molecule has 0 amide bonds. The van der Waals surface area contributed by atoms with Crippen LogP contribution in [0.2, 0.25) is 0 Å². The van der Waals surface area contributed by atoms with Gasteiger partial charge in [-0.15, -0.1) is 0 Å². The summed E-state index contributed by atoms with van der Waals surface area (Å²) in [6, 6.07) is 2.18. The Balaban J connectivity index is 1.75. The number of ether oxygens (including phenoxy) is 1. The molecule has 1 saturated carbocycles. The summed E-state index contributed by atoms with van der Waals surface area (Å²) in [5.41, 5.74) is 5.86. The number of hydrogen-bond acceptors (Lipinski definition) is 5. The maximum Gasteiger partial charge on any atom is 0.135 e. The highest BCUT2D eigenvalue weighted by molar-refractivity contribution is 5.46. The van der Waals surface area contributed by atoms with Gasteiger partial charge in [-0.3, -0.25) is 0 Å². The molecule has 1 saturated heterocycles. The molecule has 1 aromatic rings. The predicted molar refractivity (Wildman–Crippen MR) is 75.0 cm³/mol. The predicted octanol–water partition coefficient (Wildman–Crippen LogP) is 2.16. The fraction of sp³-hybridized carbons (Fsp3) is 0.714. The number of aromatic nitrogens is 2. The van der Waals surface area contributed by atoms with Crippen LogP contribution in [0.4, 0.5) is 11.6 Å². The van der Waals surface area contributed by atoms with Gasteiger partial charge in [0.2, 0.25) is 0 Å². The summed E-state index contributed by atoms with van der Waals surface area (Å²) in [7, 11) is 0. The van der Waals surface area contributed by atoms with E-state index in [1.165, 1.54) is 12.8 Å². The molecule has 2 fully saturated rings. The third-order valence-corrected chi connectivity index (χ3v) is 3.84. The van der Waals surface area contributed by atoms with E-state index in [-0.39, 0.29) is 5.92 Å². The Morgan fingerprint density at radius 2 is 2.11 bits per heavy atom. The molecule has 1 aromatic heterocycles. The van der Waals surface area contributed by atoms with Gasteiger partial charge in [-0.1, -0.05) is 13.8 Å². The lowest BCUT2D eigenvalue weighted by Crippen LogP contribution is -2.31. The lowest BCUT2D eigenvalue weighted by molar-refractivity contribution is 0.0898. The molecule has 1 aliphatic carbocycles. The number of nitrogens with one attached hydrogen (secondary N) is 1. The lowest BCUT2D eigenvalue weighted by Gasteiger charge is -2.20. The van der Waals surface area contributed by atoms with Gasteiger partial charge < -0.3 is 15.8 Å². The normalized spacial score (nSPS) is 26.9. The van der Waals surface area contributed by atoms with Gasteiger partial charge in [-0.05, 0) is 25.2 Å². The summed E-state index contributed by atoms with van der Waals surface area (Å²) in [5.74, 6) is 3.18. The second kappa shape index (κ2) is 4.96. The van der Waals surface area contributed by atoms with E-state index in [0.29, 0.717) is 18.0 Å². The molecular weight excluding hydrogens is 240 g/mol. The number of hydrogen-bond donors (Lipinski definition) is 2. The van der Waals surface area contributed by atoms with Crippen molar-refractivity contribution >= 4 is 11.6 Å². The van der Waals surface area contributed by atoms with E-state index in [2.05, 4.69) is 29.1 Å². The third kappa shape index (κ3) is 2.81. The lowest BCUT2D eigenvalue weighted by atomic mass is 10.1. The fourth-order valence-corrected chi connectivity index (χ4v) is 2.66. The summed E-state index contributed by atoms with van der Waals surface area (Å²) in [4.78, 5) is 8.82. The summed E-state index contributed by atoms with van der Waals surface area (Å²) in [6.07, 6.45) is 3.98. The van der Waals surface area contributed by atoms with Crippen molar-refractivity contribution in [3.63, 3.8) is 0 Å². The number of nitrogen functional groups attached to an aromatic ring is 1. The molecule has 0 spiro atoms. The summed E-state index contributed by atoms with van der Waals surface area (Å²) in [6.45, 7) is 4.99. The van der Waals surface area contributed by atoms with E-state index in [9.17, 15) is 0 Å². The van der Waals surface area contributed by atoms with Crippen LogP contribution >= 0.6 is 0 Å². The molecule has 5 nitrogen and oxygen atoms in total. The molecule has 2 unspecified atom stereocenters. The molecule has 5 heteroatoms. The number of nitrogens with zero attached hydrogens (tertiary/aromatic N) is 2. The van der Waals surface area contributed by atoms with Gasteiger partial charge in [-0.25, -0.2) is 9.97 Å². The molecular formula is C14H22N4O. The Morgan fingerprint density at radius 1 is 1.32 bits per heavy atom. The van der Waals surface area contributed by atoms with Gasteiger partial charge in [0.05, 0.1) is 12.1 Å². The summed E-state index contributed by atoms with van der Waals surface area (Å²) in [5, 5.41) is 3.49. The monoisotopic (exact) mass is 262 g/mol. The molecule has 0 bridgehead atoms. The first-order chi connectivity index (χ1) is 9.13. The first-order valence-corrected chi connectivity index (χ1v) is 7.16. The van der Waals surface area contributed by atoms with Gasteiger partial charge in [0.1, 0.15) is 17.5 Å². The zero-order valence-electron chi connectivity index (χ0n) is 11.6. The van der Waals surface area contributed by atoms with Crippen LogP contribution < -0.4 is 11.1 Å². The molecule has 0 radical (unpaired) electrons. The van der Waals surface area contributed by atoms with Gasteiger partial charge in [0.15, 0.2) is 0 Å². The van der Waals surface area contributed by atoms with Crippen molar-refractivity contribution in [1.82, 2.24) is 9.97 Å². The molecule has 3 N–H and O–H groups in total. The Bertz CT molecular complexity index is 459. The van der Waals surface area contributed by atoms with Crippen LogP contribution in [0.3, 0.4) is 0 Å². The van der Waals surface area contributed by atoms with E-state index < -0.39 is 0 Å². The van der Waals surface area contributed by atoms with Gasteiger partial charge in [0.25, 0.3) is 0 Å². The van der Waals surface area contributed by atoms with Crippen molar-refractivity contribution in [1.29, 1.82) is 0 Å². The molecule has 2 heterocycles. The fourth-order valence-electron chi connectivity index (χ4n) is 2.66. The second-order valence-corrected chi connectivity index (χ2v) is 5.90. The molecule has 2 aliphatic rings. The van der Waals surface area contributed by atoms with E-state index in [4.69, 9.17) is 10.5 Å². The molecule has 3 rings (SSSR count). The smallest absolute Gasteiger partial charge is 0.135 e. The van der Waals surface area contributed by atoms with Crippen LogP contribution in [-0.4, -0.2) is 28.7 Å². The Hall–Kier alpha value is -1.36. The second-order valence-electron chi connectivity index (χ2n) is 5.90.